The van der Waals surface area contributed by atoms with E-state index in [0.717, 1.165) is 5.92 Å². The highest BCUT2D eigenvalue weighted by Crippen LogP contribution is 2.23. The molecular weight excluding hydrogens is 178 g/mol. The lowest BCUT2D eigenvalue weighted by Crippen LogP contribution is -2.30. The number of nitrogens with one attached hydrogen (secondary N) is 1. The topological polar surface area (TPSA) is 12.0 Å². The van der Waals surface area contributed by atoms with E-state index in [1.807, 2.05) is 11.8 Å². The van der Waals surface area contributed by atoms with Gasteiger partial charge in [-0.05, 0) is 50.7 Å². The van der Waals surface area contributed by atoms with Crippen LogP contribution in [0.4, 0.5) is 0 Å². The first-order valence-electron chi connectivity index (χ1n) is 5.55. The Morgan fingerprint density at radius 1 is 1.38 bits per heavy atom. The normalized spacial score (nSPS) is 20.8. The van der Waals surface area contributed by atoms with Crippen LogP contribution in [0, 0.1) is 5.92 Å². The number of hydrogen-bond donors (Lipinski definition) is 1. The number of hydrogen-bond acceptors (Lipinski definition) is 2. The third kappa shape index (κ3) is 4.92. The van der Waals surface area contributed by atoms with Gasteiger partial charge in [-0.1, -0.05) is 12.8 Å². The Kier molecular flexibility index (Phi) is 5.88. The molecule has 1 aliphatic carbocycles. The maximum Gasteiger partial charge on any atom is 0.00466 e. The van der Waals surface area contributed by atoms with E-state index in [-0.39, 0.29) is 0 Å². The molecule has 1 atom stereocenters. The minimum Gasteiger partial charge on any atom is -0.314 e. The quantitative estimate of drug-likeness (QED) is 0.709. The molecule has 1 saturated carbocycles. The Morgan fingerprint density at radius 3 is 2.69 bits per heavy atom. The van der Waals surface area contributed by atoms with E-state index in [1.165, 1.54) is 44.4 Å². The first kappa shape index (κ1) is 11.4. The Hall–Kier alpha value is 0.310. The summed E-state index contributed by atoms with van der Waals surface area (Å²) < 4.78 is 0. The molecule has 0 spiro atoms. The predicted octanol–water partition coefficient (Wildman–Crippen LogP) is 2.91. The van der Waals surface area contributed by atoms with Crippen molar-refractivity contribution in [3.05, 3.63) is 0 Å². The van der Waals surface area contributed by atoms with Gasteiger partial charge >= 0.3 is 0 Å². The zero-order valence-electron chi connectivity index (χ0n) is 9.01. The number of thioether (sulfide) groups is 1. The maximum atomic E-state index is 3.65. The molecule has 13 heavy (non-hydrogen) atoms. The van der Waals surface area contributed by atoms with E-state index in [9.17, 15) is 0 Å². The molecule has 0 saturated heterocycles. The van der Waals surface area contributed by atoms with Gasteiger partial charge in [-0.2, -0.15) is 11.8 Å². The van der Waals surface area contributed by atoms with Crippen LogP contribution in [0.15, 0.2) is 0 Å². The lowest BCUT2D eigenvalue weighted by Gasteiger charge is -2.16. The van der Waals surface area contributed by atoms with Gasteiger partial charge in [0.05, 0.1) is 0 Å². The molecule has 1 N–H and O–H groups in total. The summed E-state index contributed by atoms with van der Waals surface area (Å²) in [6.07, 6.45) is 9.35. The standard InChI is InChI=1S/C11H23NS/c1-10(7-8-13-2)12-9-11-5-3-4-6-11/h10-12H,3-9H2,1-2H3. The van der Waals surface area contributed by atoms with Crippen molar-refractivity contribution in [2.75, 3.05) is 18.6 Å². The van der Waals surface area contributed by atoms with Crippen LogP contribution in [0.3, 0.4) is 0 Å². The summed E-state index contributed by atoms with van der Waals surface area (Å²) in [4.78, 5) is 0. The fraction of sp³-hybridized carbons (Fsp3) is 1.00. The van der Waals surface area contributed by atoms with E-state index in [4.69, 9.17) is 0 Å². The van der Waals surface area contributed by atoms with Crippen LogP contribution < -0.4 is 5.32 Å². The van der Waals surface area contributed by atoms with E-state index in [0.29, 0.717) is 6.04 Å². The molecule has 78 valence electrons. The molecular formula is C11H23NS. The Bertz CT molecular complexity index is 121. The molecule has 0 aliphatic heterocycles. The molecule has 0 heterocycles. The third-order valence-corrected chi connectivity index (χ3v) is 3.63. The van der Waals surface area contributed by atoms with Gasteiger partial charge in [-0.3, -0.25) is 0 Å². The van der Waals surface area contributed by atoms with E-state index in [1.54, 1.807) is 0 Å². The molecule has 0 aromatic carbocycles. The van der Waals surface area contributed by atoms with Gasteiger partial charge < -0.3 is 5.32 Å². The molecule has 1 fully saturated rings. The van der Waals surface area contributed by atoms with E-state index < -0.39 is 0 Å². The summed E-state index contributed by atoms with van der Waals surface area (Å²) in [5.74, 6) is 2.27. The van der Waals surface area contributed by atoms with Crippen LogP contribution in [0.1, 0.15) is 39.0 Å². The van der Waals surface area contributed by atoms with Gasteiger partial charge in [-0.15, -0.1) is 0 Å². The minimum absolute atomic E-state index is 0.716. The monoisotopic (exact) mass is 201 g/mol. The van der Waals surface area contributed by atoms with Crippen LogP contribution in [0.5, 0.6) is 0 Å². The molecule has 1 unspecified atom stereocenters. The molecule has 1 nitrogen and oxygen atoms in total. The Balaban J connectivity index is 1.97. The summed E-state index contributed by atoms with van der Waals surface area (Å²) in [6.45, 7) is 3.57. The summed E-state index contributed by atoms with van der Waals surface area (Å²) in [5.41, 5.74) is 0. The van der Waals surface area contributed by atoms with Crippen LogP contribution in [-0.2, 0) is 0 Å². The predicted molar refractivity (Wildman–Crippen MR) is 62.4 cm³/mol. The second-order valence-electron chi connectivity index (χ2n) is 4.24. The van der Waals surface area contributed by atoms with Crippen molar-refractivity contribution in [3.63, 3.8) is 0 Å². The molecule has 0 bridgehead atoms. The van der Waals surface area contributed by atoms with Crippen molar-refractivity contribution >= 4 is 11.8 Å². The summed E-state index contributed by atoms with van der Waals surface area (Å²) in [5, 5.41) is 3.65. The molecule has 0 aromatic heterocycles. The van der Waals surface area contributed by atoms with E-state index >= 15 is 0 Å². The van der Waals surface area contributed by atoms with Crippen molar-refractivity contribution in [1.82, 2.24) is 5.32 Å². The van der Waals surface area contributed by atoms with Crippen molar-refractivity contribution in [3.8, 4) is 0 Å². The average Bonchev–Trinajstić information content (AvgIpc) is 2.64. The molecule has 2 heteroatoms. The van der Waals surface area contributed by atoms with Gasteiger partial charge in [0.15, 0.2) is 0 Å². The highest BCUT2D eigenvalue weighted by Gasteiger charge is 2.14. The highest BCUT2D eigenvalue weighted by molar-refractivity contribution is 7.98. The molecule has 0 amide bonds. The van der Waals surface area contributed by atoms with Gasteiger partial charge in [0.2, 0.25) is 0 Å². The van der Waals surface area contributed by atoms with Gasteiger partial charge in [0.25, 0.3) is 0 Å². The second kappa shape index (κ2) is 6.72. The van der Waals surface area contributed by atoms with Crippen LogP contribution >= 0.6 is 11.8 Å². The zero-order valence-corrected chi connectivity index (χ0v) is 9.83. The van der Waals surface area contributed by atoms with Crippen LogP contribution in [-0.4, -0.2) is 24.6 Å². The summed E-state index contributed by atoms with van der Waals surface area (Å²) >= 11 is 1.95. The van der Waals surface area contributed by atoms with Crippen molar-refractivity contribution in [2.45, 2.75) is 45.1 Å². The molecule has 0 aromatic rings. The second-order valence-corrected chi connectivity index (χ2v) is 5.23. The van der Waals surface area contributed by atoms with Crippen molar-refractivity contribution < 1.29 is 0 Å². The van der Waals surface area contributed by atoms with Crippen molar-refractivity contribution in [2.24, 2.45) is 5.92 Å². The SMILES string of the molecule is CSCCC(C)NCC1CCCC1. The van der Waals surface area contributed by atoms with Crippen LogP contribution in [0.25, 0.3) is 0 Å². The average molecular weight is 201 g/mol. The van der Waals surface area contributed by atoms with Gasteiger partial charge in [0, 0.05) is 6.04 Å². The zero-order chi connectivity index (χ0) is 9.52. The third-order valence-electron chi connectivity index (χ3n) is 2.98. The van der Waals surface area contributed by atoms with E-state index in [2.05, 4.69) is 18.5 Å². The lowest BCUT2D eigenvalue weighted by molar-refractivity contribution is 0.441. The smallest absolute Gasteiger partial charge is 0.00466 e. The van der Waals surface area contributed by atoms with Gasteiger partial charge in [-0.25, -0.2) is 0 Å². The molecule has 1 rings (SSSR count). The fourth-order valence-corrected chi connectivity index (χ4v) is 2.57. The lowest BCUT2D eigenvalue weighted by atomic mass is 10.1. The van der Waals surface area contributed by atoms with Crippen LogP contribution in [0.2, 0.25) is 0 Å². The van der Waals surface area contributed by atoms with Gasteiger partial charge in [0.1, 0.15) is 0 Å². The first-order valence-corrected chi connectivity index (χ1v) is 6.94. The Labute approximate surface area is 87.1 Å². The fourth-order valence-electron chi connectivity index (χ4n) is 1.98. The first-order chi connectivity index (χ1) is 6.33. The summed E-state index contributed by atoms with van der Waals surface area (Å²) in [7, 11) is 0. The molecule has 1 aliphatic rings. The largest absolute Gasteiger partial charge is 0.314 e. The number of rotatable bonds is 6. The minimum atomic E-state index is 0.716. The molecule has 0 radical (unpaired) electrons. The highest BCUT2D eigenvalue weighted by atomic mass is 32.2. The Morgan fingerprint density at radius 2 is 2.08 bits per heavy atom. The summed E-state index contributed by atoms with van der Waals surface area (Å²) in [6, 6.07) is 0.716. The maximum absolute atomic E-state index is 3.65. The van der Waals surface area contributed by atoms with Crippen molar-refractivity contribution in [1.29, 1.82) is 0 Å².